The van der Waals surface area contributed by atoms with Crippen molar-refractivity contribution in [1.82, 2.24) is 5.32 Å². The van der Waals surface area contributed by atoms with E-state index in [1.54, 1.807) is 12.1 Å². The van der Waals surface area contributed by atoms with Gasteiger partial charge in [-0.2, -0.15) is 0 Å². The lowest BCUT2D eigenvalue weighted by atomic mass is 10.0. The second kappa shape index (κ2) is 11.1. The molecule has 7 heteroatoms. The third-order valence-electron chi connectivity index (χ3n) is 5.32. The Hall–Kier alpha value is -3.19. The van der Waals surface area contributed by atoms with Crippen LogP contribution in [0.4, 0.5) is 0 Å². The van der Waals surface area contributed by atoms with Crippen molar-refractivity contribution in [3.05, 3.63) is 64.7 Å². The number of hydrogen-bond donors (Lipinski definition) is 3. The van der Waals surface area contributed by atoms with Gasteiger partial charge in [-0.05, 0) is 50.5 Å². The second-order valence-electron chi connectivity index (χ2n) is 7.99. The van der Waals surface area contributed by atoms with E-state index in [9.17, 15) is 14.7 Å². The van der Waals surface area contributed by atoms with E-state index in [0.717, 1.165) is 27.2 Å². The first kappa shape index (κ1) is 24.5. The molecule has 0 spiro atoms. The van der Waals surface area contributed by atoms with Crippen molar-refractivity contribution in [3.8, 4) is 11.5 Å². The summed E-state index contributed by atoms with van der Waals surface area (Å²) in [6.45, 7) is 6.82. The van der Waals surface area contributed by atoms with Gasteiger partial charge >= 0.3 is 5.97 Å². The first-order valence-electron chi connectivity index (χ1n) is 10.9. The summed E-state index contributed by atoms with van der Waals surface area (Å²) in [5.74, 6) is -0.107. The fourth-order valence-electron chi connectivity index (χ4n) is 3.66. The highest BCUT2D eigenvalue weighted by Gasteiger charge is 2.18. The summed E-state index contributed by atoms with van der Waals surface area (Å²) in [6, 6.07) is 13.2. The molecule has 0 saturated carbocycles. The highest BCUT2D eigenvalue weighted by atomic mass is 32.2. The van der Waals surface area contributed by atoms with Crippen molar-refractivity contribution >= 4 is 34.4 Å². The minimum Gasteiger partial charge on any atom is -0.506 e. The summed E-state index contributed by atoms with van der Waals surface area (Å²) in [7, 11) is 0. The Balaban J connectivity index is 1.68. The molecule has 1 amide bonds. The molecule has 0 heterocycles. The maximum Gasteiger partial charge on any atom is 0.304 e. The van der Waals surface area contributed by atoms with Crippen LogP contribution in [0.25, 0.3) is 10.8 Å². The Morgan fingerprint density at radius 3 is 2.58 bits per heavy atom. The van der Waals surface area contributed by atoms with Crippen LogP contribution < -0.4 is 10.1 Å². The van der Waals surface area contributed by atoms with Crippen molar-refractivity contribution in [3.63, 3.8) is 0 Å². The van der Waals surface area contributed by atoms with Gasteiger partial charge < -0.3 is 20.3 Å². The molecule has 0 unspecified atom stereocenters. The molecule has 3 aromatic rings. The lowest BCUT2D eigenvalue weighted by Crippen LogP contribution is -2.25. The largest absolute Gasteiger partial charge is 0.506 e. The number of aryl methyl sites for hydroxylation is 3. The first-order valence-corrected chi connectivity index (χ1v) is 11.8. The Morgan fingerprint density at radius 2 is 1.85 bits per heavy atom. The van der Waals surface area contributed by atoms with Gasteiger partial charge in [-0.3, -0.25) is 9.59 Å². The predicted octanol–water partition coefficient (Wildman–Crippen LogP) is 5.24. The number of carbonyl (C=O) groups is 2. The van der Waals surface area contributed by atoms with Crippen LogP contribution >= 0.6 is 11.8 Å². The van der Waals surface area contributed by atoms with Gasteiger partial charge in [0.2, 0.25) is 0 Å². The van der Waals surface area contributed by atoms with Gasteiger partial charge in [-0.25, -0.2) is 0 Å². The monoisotopic (exact) mass is 467 g/mol. The number of ether oxygens (including phenoxy) is 1. The number of hydrogen-bond acceptors (Lipinski definition) is 5. The van der Waals surface area contributed by atoms with Crippen LogP contribution in [0, 0.1) is 20.8 Å². The summed E-state index contributed by atoms with van der Waals surface area (Å²) in [6.07, 6.45) is 0.633. The number of aromatic hydroxyl groups is 1. The van der Waals surface area contributed by atoms with Gasteiger partial charge in [-0.1, -0.05) is 35.9 Å². The number of fused-ring (bicyclic) bond motifs is 1. The van der Waals surface area contributed by atoms with Crippen LogP contribution in [0.2, 0.25) is 0 Å². The Kier molecular flexibility index (Phi) is 8.22. The Morgan fingerprint density at radius 1 is 1.06 bits per heavy atom. The number of carbonyl (C=O) groups excluding carboxylic acids is 1. The number of phenols is 1. The molecule has 0 aliphatic carbocycles. The number of carboxylic acids is 1. The van der Waals surface area contributed by atoms with Gasteiger partial charge in [-0.15, -0.1) is 11.8 Å². The van der Waals surface area contributed by atoms with Crippen molar-refractivity contribution in [2.75, 3.05) is 18.9 Å². The third kappa shape index (κ3) is 6.20. The number of thioether (sulfide) groups is 1. The molecule has 174 valence electrons. The number of carboxylic acid groups (broad SMARTS) is 1. The van der Waals surface area contributed by atoms with E-state index in [2.05, 4.69) is 11.4 Å². The molecule has 0 atom stereocenters. The van der Waals surface area contributed by atoms with E-state index < -0.39 is 5.97 Å². The molecule has 3 N–H and O–H groups in total. The van der Waals surface area contributed by atoms with Crippen LogP contribution in [0.3, 0.4) is 0 Å². The standard InChI is InChI=1S/C26H29NO5S/c1-16-8-9-21(18(3)14-16)32-12-5-11-27-26(31)20-15-22(33-13-10-23(28)29)24-17(2)6-4-7-19(24)25(20)30/h4,6-9,14-15,30H,5,10-13H2,1-3H3,(H,27,31)(H,28,29). The topological polar surface area (TPSA) is 95.9 Å². The fraction of sp³-hybridized carbons (Fsp3) is 0.308. The summed E-state index contributed by atoms with van der Waals surface area (Å²) < 4.78 is 5.80. The predicted molar refractivity (Wildman–Crippen MR) is 132 cm³/mol. The third-order valence-corrected chi connectivity index (χ3v) is 6.36. The normalized spacial score (nSPS) is 10.9. The number of benzene rings is 3. The molecule has 0 radical (unpaired) electrons. The van der Waals surface area contributed by atoms with Crippen molar-refractivity contribution in [2.24, 2.45) is 0 Å². The maximum atomic E-state index is 12.8. The number of amides is 1. The van der Waals surface area contributed by atoms with E-state index in [1.165, 1.54) is 17.3 Å². The molecule has 0 fully saturated rings. The van der Waals surface area contributed by atoms with Gasteiger partial charge in [0.15, 0.2) is 0 Å². The fourth-order valence-corrected chi connectivity index (χ4v) is 4.77. The zero-order valence-electron chi connectivity index (χ0n) is 19.1. The second-order valence-corrected chi connectivity index (χ2v) is 9.12. The average molecular weight is 468 g/mol. The Bertz CT molecular complexity index is 1180. The minimum absolute atomic E-state index is 0.0148. The van der Waals surface area contributed by atoms with E-state index >= 15 is 0 Å². The molecule has 0 bridgehead atoms. The van der Waals surface area contributed by atoms with Gasteiger partial charge in [0.1, 0.15) is 11.5 Å². The SMILES string of the molecule is Cc1ccc(OCCCNC(=O)c2cc(SCCC(=O)O)c3c(C)cccc3c2O)c(C)c1. The van der Waals surface area contributed by atoms with Crippen molar-refractivity contribution in [2.45, 2.75) is 38.5 Å². The van der Waals surface area contributed by atoms with Crippen LogP contribution in [-0.4, -0.2) is 41.0 Å². The highest BCUT2D eigenvalue weighted by Crippen LogP contribution is 2.38. The average Bonchev–Trinajstić information content (AvgIpc) is 2.76. The maximum absolute atomic E-state index is 12.8. The van der Waals surface area contributed by atoms with E-state index in [4.69, 9.17) is 9.84 Å². The summed E-state index contributed by atoms with van der Waals surface area (Å²) >= 11 is 1.37. The molecule has 6 nitrogen and oxygen atoms in total. The number of phenolic OH excluding ortho intramolecular Hbond substituents is 1. The molecular weight excluding hydrogens is 438 g/mol. The van der Waals surface area contributed by atoms with Crippen LogP contribution in [-0.2, 0) is 4.79 Å². The molecule has 3 rings (SSSR count). The zero-order valence-corrected chi connectivity index (χ0v) is 19.9. The van der Waals surface area contributed by atoms with Gasteiger partial charge in [0.25, 0.3) is 5.91 Å². The highest BCUT2D eigenvalue weighted by molar-refractivity contribution is 7.99. The summed E-state index contributed by atoms with van der Waals surface area (Å²) in [5.41, 5.74) is 3.39. The zero-order chi connectivity index (χ0) is 24.0. The molecule has 0 saturated heterocycles. The number of rotatable bonds is 10. The van der Waals surface area contributed by atoms with Gasteiger partial charge in [0, 0.05) is 28.0 Å². The smallest absolute Gasteiger partial charge is 0.304 e. The van der Waals surface area contributed by atoms with E-state index in [-0.39, 0.29) is 23.6 Å². The lowest BCUT2D eigenvalue weighted by Gasteiger charge is -2.15. The molecule has 33 heavy (non-hydrogen) atoms. The quantitative estimate of drug-likeness (QED) is 0.279. The van der Waals surface area contributed by atoms with Gasteiger partial charge in [0.05, 0.1) is 18.6 Å². The van der Waals surface area contributed by atoms with Crippen LogP contribution in [0.15, 0.2) is 47.4 Å². The molecule has 0 aliphatic rings. The van der Waals surface area contributed by atoms with Crippen molar-refractivity contribution in [1.29, 1.82) is 0 Å². The molecule has 0 aromatic heterocycles. The van der Waals surface area contributed by atoms with Crippen LogP contribution in [0.1, 0.15) is 39.9 Å². The Labute approximate surface area is 198 Å². The molecular formula is C26H29NO5S. The number of aliphatic carboxylic acids is 1. The number of nitrogens with one attached hydrogen (secondary N) is 1. The van der Waals surface area contributed by atoms with Crippen molar-refractivity contribution < 1.29 is 24.5 Å². The van der Waals surface area contributed by atoms with E-state index in [0.29, 0.717) is 30.7 Å². The summed E-state index contributed by atoms with van der Waals surface area (Å²) in [5, 5.41) is 24.0. The first-order chi connectivity index (χ1) is 15.8. The van der Waals surface area contributed by atoms with E-state index in [1.807, 2.05) is 45.0 Å². The molecule has 3 aromatic carbocycles. The minimum atomic E-state index is -0.872. The van der Waals surface area contributed by atoms with Crippen LogP contribution in [0.5, 0.6) is 11.5 Å². The molecule has 0 aliphatic heterocycles. The lowest BCUT2D eigenvalue weighted by molar-refractivity contribution is -0.136. The summed E-state index contributed by atoms with van der Waals surface area (Å²) in [4.78, 5) is 24.5.